The second-order valence-electron chi connectivity index (χ2n) is 8.30. The Bertz CT molecular complexity index is 878. The van der Waals surface area contributed by atoms with Crippen molar-refractivity contribution in [2.45, 2.75) is 52.6 Å². The summed E-state index contributed by atoms with van der Waals surface area (Å²) in [5.41, 5.74) is 2.34. The Morgan fingerprint density at radius 2 is 2.00 bits per heavy atom. The van der Waals surface area contributed by atoms with Crippen molar-refractivity contribution < 1.29 is 14.3 Å². The lowest BCUT2D eigenvalue weighted by molar-refractivity contribution is -0.135. The van der Waals surface area contributed by atoms with Gasteiger partial charge in [-0.15, -0.1) is 11.3 Å². The summed E-state index contributed by atoms with van der Waals surface area (Å²) in [6, 6.07) is 9.73. The van der Waals surface area contributed by atoms with Crippen molar-refractivity contribution in [3.8, 4) is 5.75 Å². The summed E-state index contributed by atoms with van der Waals surface area (Å²) >= 11 is 1.73. The second kappa shape index (κ2) is 10.7. The maximum Gasteiger partial charge on any atom is 0.318 e. The van der Waals surface area contributed by atoms with Crippen molar-refractivity contribution in [3.63, 3.8) is 0 Å². The largest absolute Gasteiger partial charge is 0.491 e. The van der Waals surface area contributed by atoms with Crippen molar-refractivity contribution >= 4 is 23.3 Å². The molecule has 3 amide bonds. The van der Waals surface area contributed by atoms with Gasteiger partial charge in [0, 0.05) is 24.0 Å². The minimum atomic E-state index is -0.189. The Labute approximate surface area is 189 Å². The van der Waals surface area contributed by atoms with Crippen molar-refractivity contribution in [3.05, 3.63) is 51.7 Å². The quantitative estimate of drug-likeness (QED) is 0.658. The number of nitrogens with zero attached hydrogens (tertiary/aromatic N) is 2. The van der Waals surface area contributed by atoms with E-state index in [2.05, 4.69) is 16.8 Å². The number of hydrogen-bond donors (Lipinski definition) is 1. The molecule has 1 atom stereocenters. The summed E-state index contributed by atoms with van der Waals surface area (Å²) in [6.45, 7) is 9.55. The molecule has 0 saturated carbocycles. The topological polar surface area (TPSA) is 61.9 Å². The molecule has 6 nitrogen and oxygen atoms in total. The molecule has 1 aromatic carbocycles. The van der Waals surface area contributed by atoms with Crippen LogP contribution in [-0.2, 0) is 11.2 Å². The fourth-order valence-electron chi connectivity index (χ4n) is 3.80. The molecular formula is C24H33N3O3S. The van der Waals surface area contributed by atoms with Crippen LogP contribution in [0, 0.1) is 6.92 Å². The lowest BCUT2D eigenvalue weighted by atomic mass is 10.0. The number of aryl methyl sites for hydroxylation is 1. The number of benzene rings is 1. The summed E-state index contributed by atoms with van der Waals surface area (Å²) in [5.74, 6) is 0.756. The van der Waals surface area contributed by atoms with Gasteiger partial charge >= 0.3 is 6.03 Å². The normalized spacial score (nSPS) is 15.5. The van der Waals surface area contributed by atoms with Crippen molar-refractivity contribution in [1.29, 1.82) is 0 Å². The van der Waals surface area contributed by atoms with E-state index in [-0.39, 0.29) is 30.6 Å². The van der Waals surface area contributed by atoms with Crippen LogP contribution in [0.15, 0.2) is 35.7 Å². The molecule has 1 aliphatic heterocycles. The van der Waals surface area contributed by atoms with Crippen LogP contribution in [-0.4, -0.2) is 54.0 Å². The maximum absolute atomic E-state index is 13.3. The average Bonchev–Trinajstić information content (AvgIpc) is 3.21. The van der Waals surface area contributed by atoms with Gasteiger partial charge in [0.2, 0.25) is 5.91 Å². The summed E-state index contributed by atoms with van der Waals surface area (Å²) in [4.78, 5) is 30.7. The smallest absolute Gasteiger partial charge is 0.318 e. The molecule has 0 spiro atoms. The van der Waals surface area contributed by atoms with Gasteiger partial charge in [-0.05, 0) is 62.8 Å². The Hall–Kier alpha value is -2.54. The molecule has 2 aromatic rings. The van der Waals surface area contributed by atoms with Crippen LogP contribution in [0.25, 0.3) is 0 Å². The molecule has 1 N–H and O–H groups in total. The predicted octanol–water partition coefficient (Wildman–Crippen LogP) is 4.39. The number of carbonyl (C=O) groups excluding carboxylic acids is 2. The van der Waals surface area contributed by atoms with E-state index >= 15 is 0 Å². The van der Waals surface area contributed by atoms with Gasteiger partial charge in [-0.2, -0.15) is 0 Å². The number of nitrogens with one attached hydrogen (secondary N) is 1. The highest BCUT2D eigenvalue weighted by Gasteiger charge is 2.33. The van der Waals surface area contributed by atoms with Crippen LogP contribution >= 0.6 is 11.3 Å². The van der Waals surface area contributed by atoms with Crippen molar-refractivity contribution in [1.82, 2.24) is 15.1 Å². The van der Waals surface area contributed by atoms with Crippen molar-refractivity contribution in [2.24, 2.45) is 0 Å². The van der Waals surface area contributed by atoms with Gasteiger partial charge in [-0.25, -0.2) is 4.79 Å². The molecule has 0 saturated heterocycles. The number of hydrogen-bond acceptors (Lipinski definition) is 4. The van der Waals surface area contributed by atoms with Gasteiger partial charge in [0.15, 0.2) is 0 Å². The van der Waals surface area contributed by atoms with Crippen LogP contribution in [0.1, 0.15) is 49.2 Å². The number of amides is 3. The highest BCUT2D eigenvalue weighted by Crippen LogP contribution is 2.34. The number of thiophene rings is 1. The number of ether oxygens (including phenoxy) is 1. The maximum atomic E-state index is 13.3. The molecule has 31 heavy (non-hydrogen) atoms. The molecule has 0 fully saturated rings. The van der Waals surface area contributed by atoms with Gasteiger partial charge in [0.05, 0.1) is 6.04 Å². The third-order valence-corrected chi connectivity index (χ3v) is 6.36. The number of rotatable bonds is 8. The first-order chi connectivity index (χ1) is 14.9. The lowest BCUT2D eigenvalue weighted by Crippen LogP contribution is -2.50. The first kappa shape index (κ1) is 23.1. The molecule has 7 heteroatoms. The number of fused-ring (bicyclic) bond motifs is 1. The van der Waals surface area contributed by atoms with E-state index < -0.39 is 0 Å². The highest BCUT2D eigenvalue weighted by molar-refractivity contribution is 7.10. The van der Waals surface area contributed by atoms with E-state index in [1.54, 1.807) is 16.2 Å². The zero-order valence-electron chi connectivity index (χ0n) is 18.9. The Kier molecular flexibility index (Phi) is 7.96. The summed E-state index contributed by atoms with van der Waals surface area (Å²) in [6.07, 6.45) is 1.64. The molecule has 3 rings (SSSR count). The molecule has 0 radical (unpaired) electrons. The van der Waals surface area contributed by atoms with Crippen LogP contribution in [0.3, 0.4) is 0 Å². The first-order valence-electron chi connectivity index (χ1n) is 11.0. The summed E-state index contributed by atoms with van der Waals surface area (Å²) in [5, 5.41) is 4.98. The minimum Gasteiger partial charge on any atom is -0.491 e. The molecule has 0 unspecified atom stereocenters. The minimum absolute atomic E-state index is 0.0287. The van der Waals surface area contributed by atoms with Gasteiger partial charge in [-0.1, -0.05) is 24.6 Å². The van der Waals surface area contributed by atoms with E-state index in [9.17, 15) is 9.59 Å². The van der Waals surface area contributed by atoms with Gasteiger partial charge in [0.25, 0.3) is 0 Å². The molecule has 1 aliphatic rings. The summed E-state index contributed by atoms with van der Waals surface area (Å²) in [7, 11) is 0. The average molecular weight is 444 g/mol. The van der Waals surface area contributed by atoms with E-state index in [1.807, 2.05) is 56.9 Å². The van der Waals surface area contributed by atoms with E-state index in [0.717, 1.165) is 24.2 Å². The molecule has 168 valence electrons. The van der Waals surface area contributed by atoms with Crippen molar-refractivity contribution in [2.75, 3.05) is 26.2 Å². The monoisotopic (exact) mass is 443 g/mol. The second-order valence-corrected chi connectivity index (χ2v) is 9.30. The third-order valence-electron chi connectivity index (χ3n) is 5.36. The first-order valence-corrected chi connectivity index (χ1v) is 11.9. The zero-order valence-corrected chi connectivity index (χ0v) is 19.7. The number of carbonyl (C=O) groups is 2. The molecule has 0 aliphatic carbocycles. The molecule has 1 aromatic heterocycles. The number of urea groups is 1. The highest BCUT2D eigenvalue weighted by atomic mass is 32.1. The zero-order chi connectivity index (χ0) is 22.4. The third kappa shape index (κ3) is 6.00. The Morgan fingerprint density at radius 1 is 1.26 bits per heavy atom. The standard InChI is InChI=1S/C24H33N3O3S/c1-5-12-26(24(29)25-17(2)3)15-23(28)27-13-10-22-20(11-14-31-22)21(27)16-30-19-8-6-18(4)7-9-19/h6-9,11,14,17,21H,5,10,12-13,15-16H2,1-4H3,(H,25,29)/t21-/m0/s1. The van der Waals surface area contributed by atoms with Crippen LogP contribution < -0.4 is 10.1 Å². The van der Waals surface area contributed by atoms with Gasteiger partial charge in [0.1, 0.15) is 18.9 Å². The predicted molar refractivity (Wildman–Crippen MR) is 125 cm³/mol. The SMILES string of the molecule is CCCN(CC(=O)N1CCc2sccc2[C@@H]1COc1ccc(C)cc1)C(=O)NC(C)C. The molecule has 2 heterocycles. The van der Waals surface area contributed by atoms with Crippen LogP contribution in [0.2, 0.25) is 0 Å². The molecular weight excluding hydrogens is 410 g/mol. The Morgan fingerprint density at radius 3 is 2.68 bits per heavy atom. The Balaban J connectivity index is 1.74. The fraction of sp³-hybridized carbons (Fsp3) is 0.500. The van der Waals surface area contributed by atoms with E-state index in [1.165, 1.54) is 10.4 Å². The van der Waals surface area contributed by atoms with Crippen LogP contribution in [0.4, 0.5) is 4.79 Å². The summed E-state index contributed by atoms with van der Waals surface area (Å²) < 4.78 is 6.08. The van der Waals surface area contributed by atoms with Crippen LogP contribution in [0.5, 0.6) is 5.75 Å². The van der Waals surface area contributed by atoms with Gasteiger partial charge in [-0.3, -0.25) is 4.79 Å². The molecule has 0 bridgehead atoms. The lowest BCUT2D eigenvalue weighted by Gasteiger charge is -2.37. The fourth-order valence-corrected chi connectivity index (χ4v) is 4.73. The van der Waals surface area contributed by atoms with E-state index in [0.29, 0.717) is 19.7 Å². The van der Waals surface area contributed by atoms with Gasteiger partial charge < -0.3 is 19.9 Å². The van der Waals surface area contributed by atoms with E-state index in [4.69, 9.17) is 4.74 Å².